The topological polar surface area (TPSA) is 120 Å². The van der Waals surface area contributed by atoms with E-state index < -0.39 is 5.97 Å². The van der Waals surface area contributed by atoms with Crippen LogP contribution in [0.4, 0.5) is 4.79 Å². The van der Waals surface area contributed by atoms with Crippen molar-refractivity contribution < 1.29 is 24.2 Å². The number of carboxylic acids is 1. The summed E-state index contributed by atoms with van der Waals surface area (Å²) in [6.45, 7) is 1.91. The summed E-state index contributed by atoms with van der Waals surface area (Å²) in [7, 11) is 3.56. The molecule has 1 N–H and O–H groups in total. The zero-order valence-electron chi connectivity index (χ0n) is 19.4. The smallest absolute Gasteiger partial charge is 0.410 e. The molecular weight excluding hydrogens is 426 g/mol. The summed E-state index contributed by atoms with van der Waals surface area (Å²) in [6, 6.07) is 0.261. The van der Waals surface area contributed by atoms with E-state index in [1.807, 2.05) is 6.92 Å². The van der Waals surface area contributed by atoms with Gasteiger partial charge in [-0.1, -0.05) is 0 Å². The van der Waals surface area contributed by atoms with E-state index in [1.165, 1.54) is 0 Å². The van der Waals surface area contributed by atoms with Gasteiger partial charge in [-0.05, 0) is 51.9 Å². The van der Waals surface area contributed by atoms with Crippen LogP contribution in [0.2, 0.25) is 0 Å². The summed E-state index contributed by atoms with van der Waals surface area (Å²) in [5.41, 5.74) is 2.05. The quantitative estimate of drug-likeness (QED) is 0.672. The van der Waals surface area contributed by atoms with Crippen LogP contribution in [0.5, 0.6) is 5.75 Å². The molecule has 2 aromatic heterocycles. The molecule has 4 rings (SSSR count). The third-order valence-corrected chi connectivity index (χ3v) is 6.75. The van der Waals surface area contributed by atoms with Gasteiger partial charge >= 0.3 is 12.1 Å². The molecule has 10 heteroatoms. The SMILES string of the molecule is Cc1nc(-c2cnn(C)c2COC(=O)N(C)C2CCC2)ncc1O[C@H]1CCC[C@H](C(=O)O)C1. The Morgan fingerprint density at radius 1 is 1.21 bits per heavy atom. The molecule has 0 saturated heterocycles. The fourth-order valence-electron chi connectivity index (χ4n) is 4.33. The molecule has 33 heavy (non-hydrogen) atoms. The molecule has 0 radical (unpaired) electrons. The van der Waals surface area contributed by atoms with Crippen molar-refractivity contribution in [2.75, 3.05) is 7.05 Å². The fourth-order valence-corrected chi connectivity index (χ4v) is 4.33. The molecule has 0 aromatic carbocycles. The van der Waals surface area contributed by atoms with Crippen molar-refractivity contribution in [3.8, 4) is 17.1 Å². The van der Waals surface area contributed by atoms with Crippen LogP contribution in [0.15, 0.2) is 12.4 Å². The molecule has 0 unspecified atom stereocenters. The van der Waals surface area contributed by atoms with Gasteiger partial charge in [0, 0.05) is 20.1 Å². The maximum absolute atomic E-state index is 12.4. The summed E-state index contributed by atoms with van der Waals surface area (Å²) in [4.78, 5) is 34.4. The van der Waals surface area contributed by atoms with Crippen molar-refractivity contribution in [1.29, 1.82) is 0 Å². The number of aryl methyl sites for hydroxylation is 2. The second kappa shape index (κ2) is 9.76. The highest BCUT2D eigenvalue weighted by atomic mass is 16.6. The van der Waals surface area contributed by atoms with Crippen LogP contribution in [-0.2, 0) is 23.2 Å². The molecule has 2 atom stereocenters. The first-order chi connectivity index (χ1) is 15.8. The predicted molar refractivity (Wildman–Crippen MR) is 119 cm³/mol. The van der Waals surface area contributed by atoms with E-state index in [0.29, 0.717) is 41.4 Å². The van der Waals surface area contributed by atoms with Crippen LogP contribution in [0.25, 0.3) is 11.4 Å². The second-order valence-corrected chi connectivity index (χ2v) is 8.96. The molecular formula is C23H31N5O5. The van der Waals surface area contributed by atoms with Crippen molar-refractivity contribution in [3.63, 3.8) is 0 Å². The number of ether oxygens (including phenoxy) is 2. The average molecular weight is 458 g/mol. The molecule has 2 heterocycles. The lowest BCUT2D eigenvalue weighted by Gasteiger charge is -2.33. The lowest BCUT2D eigenvalue weighted by atomic mass is 9.87. The van der Waals surface area contributed by atoms with Crippen LogP contribution in [0.3, 0.4) is 0 Å². The first-order valence-electron chi connectivity index (χ1n) is 11.5. The van der Waals surface area contributed by atoms with Crippen LogP contribution < -0.4 is 4.74 Å². The summed E-state index contributed by atoms with van der Waals surface area (Å²) in [6.07, 6.45) is 8.77. The van der Waals surface area contributed by atoms with Gasteiger partial charge in [0.1, 0.15) is 6.61 Å². The van der Waals surface area contributed by atoms with Gasteiger partial charge in [-0.25, -0.2) is 14.8 Å². The Kier molecular flexibility index (Phi) is 6.80. The number of carboxylic acid groups (broad SMARTS) is 1. The van der Waals surface area contributed by atoms with Crippen molar-refractivity contribution in [3.05, 3.63) is 23.8 Å². The van der Waals surface area contributed by atoms with E-state index in [1.54, 1.807) is 36.1 Å². The van der Waals surface area contributed by atoms with E-state index in [0.717, 1.165) is 32.1 Å². The number of nitrogens with zero attached hydrogens (tertiary/aromatic N) is 5. The minimum absolute atomic E-state index is 0.0705. The standard InChI is InChI=1S/C23H31N5O5/c1-14-20(33-17-9-4-6-15(10-17)22(29)30)12-24-21(26-14)18-11-25-28(3)19(18)13-32-23(31)27(2)16-7-5-8-16/h11-12,15-17H,4-10,13H2,1-3H3,(H,29,30)/t15-,17-/m0/s1. The van der Waals surface area contributed by atoms with Gasteiger partial charge in [0.25, 0.3) is 0 Å². The van der Waals surface area contributed by atoms with Crippen LogP contribution in [-0.4, -0.2) is 61.0 Å². The van der Waals surface area contributed by atoms with Crippen molar-refractivity contribution in [2.24, 2.45) is 13.0 Å². The third-order valence-electron chi connectivity index (χ3n) is 6.75. The molecule has 10 nitrogen and oxygen atoms in total. The number of amides is 1. The lowest BCUT2D eigenvalue weighted by molar-refractivity contribution is -0.143. The highest BCUT2D eigenvalue weighted by Crippen LogP contribution is 2.30. The van der Waals surface area contributed by atoms with E-state index in [4.69, 9.17) is 9.47 Å². The minimum Gasteiger partial charge on any atom is -0.487 e. The Morgan fingerprint density at radius 2 is 1.97 bits per heavy atom. The Bertz CT molecular complexity index is 1020. The third kappa shape index (κ3) is 5.09. The maximum atomic E-state index is 12.4. The molecule has 2 saturated carbocycles. The number of carbonyl (C=O) groups is 2. The van der Waals surface area contributed by atoms with Gasteiger partial charge in [-0.2, -0.15) is 5.10 Å². The van der Waals surface area contributed by atoms with Gasteiger partial charge in [0.2, 0.25) is 0 Å². The van der Waals surface area contributed by atoms with Gasteiger partial charge < -0.3 is 19.5 Å². The van der Waals surface area contributed by atoms with Crippen molar-refractivity contribution in [2.45, 2.75) is 70.6 Å². The van der Waals surface area contributed by atoms with E-state index >= 15 is 0 Å². The highest BCUT2D eigenvalue weighted by molar-refractivity contribution is 5.70. The van der Waals surface area contributed by atoms with Crippen molar-refractivity contribution in [1.82, 2.24) is 24.6 Å². The second-order valence-electron chi connectivity index (χ2n) is 8.96. The molecule has 2 fully saturated rings. The zero-order valence-corrected chi connectivity index (χ0v) is 19.4. The molecule has 2 aliphatic rings. The van der Waals surface area contributed by atoms with Gasteiger partial charge in [-0.3, -0.25) is 9.48 Å². The molecule has 2 aromatic rings. The number of hydrogen-bond donors (Lipinski definition) is 1. The van der Waals surface area contributed by atoms with E-state index in [-0.39, 0.29) is 30.8 Å². The Hall–Kier alpha value is -3.17. The largest absolute Gasteiger partial charge is 0.487 e. The normalized spacial score (nSPS) is 20.7. The zero-order chi connectivity index (χ0) is 23.5. The van der Waals surface area contributed by atoms with Crippen LogP contribution in [0, 0.1) is 12.8 Å². The number of aromatic nitrogens is 4. The Labute approximate surface area is 192 Å². The molecule has 0 spiro atoms. The molecule has 1 amide bonds. The Balaban J connectivity index is 1.43. The first-order valence-corrected chi connectivity index (χ1v) is 11.5. The van der Waals surface area contributed by atoms with E-state index in [2.05, 4.69) is 15.1 Å². The van der Waals surface area contributed by atoms with Gasteiger partial charge in [0.15, 0.2) is 11.6 Å². The minimum atomic E-state index is -0.768. The lowest BCUT2D eigenvalue weighted by Crippen LogP contribution is -2.41. The maximum Gasteiger partial charge on any atom is 0.410 e. The molecule has 0 aliphatic heterocycles. The van der Waals surface area contributed by atoms with Crippen LogP contribution >= 0.6 is 0 Å². The van der Waals surface area contributed by atoms with Gasteiger partial charge in [0.05, 0.1) is 41.4 Å². The monoisotopic (exact) mass is 457 g/mol. The molecule has 178 valence electrons. The first kappa shape index (κ1) is 23.0. The number of carbonyl (C=O) groups excluding carboxylic acids is 1. The summed E-state index contributed by atoms with van der Waals surface area (Å²) in [5.74, 6) is -0.115. The average Bonchev–Trinajstić information content (AvgIpc) is 3.12. The summed E-state index contributed by atoms with van der Waals surface area (Å²) < 4.78 is 13.2. The number of aliphatic carboxylic acids is 1. The molecule has 2 aliphatic carbocycles. The van der Waals surface area contributed by atoms with Gasteiger partial charge in [-0.15, -0.1) is 0 Å². The number of rotatable bonds is 7. The highest BCUT2D eigenvalue weighted by Gasteiger charge is 2.29. The predicted octanol–water partition coefficient (Wildman–Crippen LogP) is 3.33. The van der Waals surface area contributed by atoms with Crippen molar-refractivity contribution >= 4 is 12.1 Å². The van der Waals surface area contributed by atoms with E-state index in [9.17, 15) is 14.7 Å². The molecule has 0 bridgehead atoms. The fraction of sp³-hybridized carbons (Fsp3) is 0.609. The Morgan fingerprint density at radius 3 is 2.64 bits per heavy atom. The summed E-state index contributed by atoms with van der Waals surface area (Å²) in [5, 5.41) is 13.6. The van der Waals surface area contributed by atoms with Crippen LogP contribution in [0.1, 0.15) is 56.3 Å². The number of hydrogen-bond acceptors (Lipinski definition) is 7. The summed E-state index contributed by atoms with van der Waals surface area (Å²) >= 11 is 0.